The smallest absolute Gasteiger partial charge is 0.263 e. The van der Waals surface area contributed by atoms with Crippen molar-refractivity contribution in [2.45, 2.75) is 13.1 Å². The predicted molar refractivity (Wildman–Crippen MR) is 126 cm³/mol. The highest BCUT2D eigenvalue weighted by Crippen LogP contribution is 2.34. The maximum atomic E-state index is 13.4. The molecule has 0 radical (unpaired) electrons. The molecule has 8 nitrogen and oxygen atoms in total. The number of methoxy groups -OCH3 is 2. The van der Waals surface area contributed by atoms with E-state index >= 15 is 0 Å². The van der Waals surface area contributed by atoms with Gasteiger partial charge in [0.05, 0.1) is 50.4 Å². The molecular formula is C26H27N3O5. The van der Waals surface area contributed by atoms with Crippen LogP contribution in [0.1, 0.15) is 32.0 Å². The molecule has 3 aromatic rings. The molecule has 0 N–H and O–H groups in total. The number of furan rings is 1. The van der Waals surface area contributed by atoms with E-state index in [2.05, 4.69) is 9.80 Å². The Morgan fingerprint density at radius 1 is 0.853 bits per heavy atom. The lowest BCUT2D eigenvalue weighted by Crippen LogP contribution is -2.46. The molecule has 1 aromatic heterocycles. The Labute approximate surface area is 198 Å². The number of hydrogen-bond donors (Lipinski definition) is 0. The lowest BCUT2D eigenvalue weighted by Gasteiger charge is -2.36. The standard InChI is InChI=1S/C26H27N3O5/c1-32-22-9-8-18(15-23(22)33-2)16-29-25(30)20-6-3-7-21(24(20)26(29)31)28-12-10-27(11-13-28)17-19-5-4-14-34-19/h3-9,14-15H,10-13,16-17H2,1-2H3. The minimum atomic E-state index is -0.270. The van der Waals surface area contributed by atoms with Gasteiger partial charge in [0.1, 0.15) is 5.76 Å². The normalized spacial score (nSPS) is 16.2. The van der Waals surface area contributed by atoms with Crippen LogP contribution in [0.2, 0.25) is 0 Å². The van der Waals surface area contributed by atoms with E-state index in [-0.39, 0.29) is 18.4 Å². The van der Waals surface area contributed by atoms with Gasteiger partial charge in [0.25, 0.3) is 11.8 Å². The zero-order chi connectivity index (χ0) is 23.7. The molecule has 0 aliphatic carbocycles. The Hall–Kier alpha value is -3.78. The Bertz CT molecular complexity index is 1200. The van der Waals surface area contributed by atoms with Gasteiger partial charge in [-0.3, -0.25) is 19.4 Å². The molecule has 2 amide bonds. The number of rotatable bonds is 7. The third kappa shape index (κ3) is 4.01. The molecule has 3 heterocycles. The minimum Gasteiger partial charge on any atom is -0.493 e. The third-order valence-electron chi connectivity index (χ3n) is 6.44. The van der Waals surface area contributed by atoms with Crippen molar-refractivity contribution in [2.24, 2.45) is 0 Å². The fourth-order valence-corrected chi connectivity index (χ4v) is 4.65. The van der Waals surface area contributed by atoms with Crippen molar-refractivity contribution in [3.05, 3.63) is 77.2 Å². The number of nitrogens with zero attached hydrogens (tertiary/aromatic N) is 3. The zero-order valence-electron chi connectivity index (χ0n) is 19.3. The summed E-state index contributed by atoms with van der Waals surface area (Å²) in [6, 6.07) is 14.8. The monoisotopic (exact) mass is 461 g/mol. The van der Waals surface area contributed by atoms with Gasteiger partial charge in [-0.2, -0.15) is 0 Å². The van der Waals surface area contributed by atoms with Gasteiger partial charge in [0.15, 0.2) is 11.5 Å². The average molecular weight is 462 g/mol. The molecule has 176 valence electrons. The molecule has 0 atom stereocenters. The van der Waals surface area contributed by atoms with Crippen LogP contribution in [0.3, 0.4) is 0 Å². The molecule has 0 bridgehead atoms. The molecule has 2 aromatic carbocycles. The van der Waals surface area contributed by atoms with E-state index in [1.807, 2.05) is 30.3 Å². The number of imide groups is 1. The van der Waals surface area contributed by atoms with Crippen LogP contribution in [0.4, 0.5) is 5.69 Å². The highest BCUT2D eigenvalue weighted by molar-refractivity contribution is 6.23. The van der Waals surface area contributed by atoms with Gasteiger partial charge >= 0.3 is 0 Å². The summed E-state index contributed by atoms with van der Waals surface area (Å²) in [5.41, 5.74) is 2.57. The van der Waals surface area contributed by atoms with Gasteiger partial charge in [-0.15, -0.1) is 0 Å². The number of amides is 2. The van der Waals surface area contributed by atoms with Crippen molar-refractivity contribution in [3.63, 3.8) is 0 Å². The van der Waals surface area contributed by atoms with Gasteiger partial charge in [-0.25, -0.2) is 0 Å². The number of anilines is 1. The van der Waals surface area contributed by atoms with E-state index in [1.165, 1.54) is 4.90 Å². The molecule has 0 spiro atoms. The first-order valence-electron chi connectivity index (χ1n) is 11.3. The van der Waals surface area contributed by atoms with Gasteiger partial charge in [0, 0.05) is 26.2 Å². The first kappa shape index (κ1) is 22.0. The van der Waals surface area contributed by atoms with Crippen molar-refractivity contribution >= 4 is 17.5 Å². The SMILES string of the molecule is COc1ccc(CN2C(=O)c3cccc(N4CCN(Cc5ccco5)CC4)c3C2=O)cc1OC. The predicted octanol–water partition coefficient (Wildman–Crippen LogP) is 3.42. The van der Waals surface area contributed by atoms with Crippen molar-refractivity contribution in [1.82, 2.24) is 9.80 Å². The third-order valence-corrected chi connectivity index (χ3v) is 6.44. The first-order chi connectivity index (χ1) is 16.6. The second kappa shape index (κ2) is 9.23. The van der Waals surface area contributed by atoms with Crippen LogP contribution in [0.5, 0.6) is 11.5 Å². The van der Waals surface area contributed by atoms with Gasteiger partial charge in [0.2, 0.25) is 0 Å². The topological polar surface area (TPSA) is 75.5 Å². The number of benzene rings is 2. The Morgan fingerprint density at radius 3 is 2.35 bits per heavy atom. The number of fused-ring (bicyclic) bond motifs is 1. The lowest BCUT2D eigenvalue weighted by atomic mass is 10.1. The highest BCUT2D eigenvalue weighted by Gasteiger charge is 2.38. The number of piperazine rings is 1. The van der Waals surface area contributed by atoms with Crippen molar-refractivity contribution in [3.8, 4) is 11.5 Å². The summed E-state index contributed by atoms with van der Waals surface area (Å²) < 4.78 is 16.1. The molecule has 0 unspecified atom stereocenters. The second-order valence-corrected chi connectivity index (χ2v) is 8.43. The largest absolute Gasteiger partial charge is 0.493 e. The number of hydrogen-bond acceptors (Lipinski definition) is 7. The van der Waals surface area contributed by atoms with Crippen molar-refractivity contribution in [1.29, 1.82) is 0 Å². The van der Waals surface area contributed by atoms with Crippen LogP contribution in [0, 0.1) is 0 Å². The molecular weight excluding hydrogens is 434 g/mol. The number of carbonyl (C=O) groups excluding carboxylic acids is 2. The summed E-state index contributed by atoms with van der Waals surface area (Å²) in [5, 5.41) is 0. The van der Waals surface area contributed by atoms with E-state index in [1.54, 1.807) is 38.7 Å². The molecule has 1 saturated heterocycles. The molecule has 0 saturated carbocycles. The van der Waals surface area contributed by atoms with E-state index in [4.69, 9.17) is 13.9 Å². The lowest BCUT2D eigenvalue weighted by molar-refractivity contribution is 0.0642. The summed E-state index contributed by atoms with van der Waals surface area (Å²) in [7, 11) is 3.13. The molecule has 2 aliphatic heterocycles. The average Bonchev–Trinajstić information content (AvgIpc) is 3.47. The Morgan fingerprint density at radius 2 is 1.65 bits per heavy atom. The Balaban J connectivity index is 1.33. The fraction of sp³-hybridized carbons (Fsp3) is 0.308. The van der Waals surface area contributed by atoms with Crippen LogP contribution < -0.4 is 14.4 Å². The molecule has 2 aliphatic rings. The quantitative estimate of drug-likeness (QED) is 0.499. The van der Waals surface area contributed by atoms with E-state index in [0.717, 1.165) is 49.7 Å². The molecule has 34 heavy (non-hydrogen) atoms. The number of carbonyl (C=O) groups is 2. The van der Waals surface area contributed by atoms with Crippen LogP contribution >= 0.6 is 0 Å². The maximum Gasteiger partial charge on any atom is 0.263 e. The zero-order valence-corrected chi connectivity index (χ0v) is 19.3. The molecule has 8 heteroatoms. The molecule has 5 rings (SSSR count). The van der Waals surface area contributed by atoms with Crippen LogP contribution in [0.25, 0.3) is 0 Å². The van der Waals surface area contributed by atoms with Gasteiger partial charge < -0.3 is 18.8 Å². The molecule has 1 fully saturated rings. The Kier molecular flexibility index (Phi) is 5.98. The summed E-state index contributed by atoms with van der Waals surface area (Å²) in [5.74, 6) is 1.57. The van der Waals surface area contributed by atoms with Crippen LogP contribution in [0.15, 0.2) is 59.2 Å². The minimum absolute atomic E-state index is 0.170. The maximum absolute atomic E-state index is 13.4. The van der Waals surface area contributed by atoms with Crippen molar-refractivity contribution in [2.75, 3.05) is 45.3 Å². The van der Waals surface area contributed by atoms with E-state index < -0.39 is 0 Å². The summed E-state index contributed by atoms with van der Waals surface area (Å²) in [4.78, 5) is 32.4. The van der Waals surface area contributed by atoms with Crippen LogP contribution in [-0.2, 0) is 13.1 Å². The number of ether oxygens (including phenoxy) is 2. The van der Waals surface area contributed by atoms with Crippen molar-refractivity contribution < 1.29 is 23.5 Å². The van der Waals surface area contributed by atoms with Gasteiger partial charge in [-0.1, -0.05) is 12.1 Å². The summed E-state index contributed by atoms with van der Waals surface area (Å²) >= 11 is 0. The second-order valence-electron chi connectivity index (χ2n) is 8.43. The van der Waals surface area contributed by atoms with Crippen LogP contribution in [-0.4, -0.2) is 62.0 Å². The van der Waals surface area contributed by atoms with E-state index in [0.29, 0.717) is 22.6 Å². The van der Waals surface area contributed by atoms with E-state index in [9.17, 15) is 9.59 Å². The fourth-order valence-electron chi connectivity index (χ4n) is 4.65. The first-order valence-corrected chi connectivity index (χ1v) is 11.3. The summed E-state index contributed by atoms with van der Waals surface area (Å²) in [6.45, 7) is 4.18. The summed E-state index contributed by atoms with van der Waals surface area (Å²) in [6.07, 6.45) is 1.69. The van der Waals surface area contributed by atoms with Gasteiger partial charge in [-0.05, 0) is 42.0 Å². The highest BCUT2D eigenvalue weighted by atomic mass is 16.5.